The van der Waals surface area contributed by atoms with Crippen LogP contribution < -0.4 is 10.6 Å². The first-order valence-corrected chi connectivity index (χ1v) is 7.61. The van der Waals surface area contributed by atoms with Gasteiger partial charge >= 0.3 is 0 Å². The number of hydrogen-bond acceptors (Lipinski definition) is 5. The average Bonchev–Trinajstić information content (AvgIpc) is 2.83. The molecule has 22 heavy (non-hydrogen) atoms. The van der Waals surface area contributed by atoms with Crippen molar-refractivity contribution in [1.29, 1.82) is 0 Å². The molecule has 7 nitrogen and oxygen atoms in total. The summed E-state index contributed by atoms with van der Waals surface area (Å²) >= 11 is 0. The van der Waals surface area contributed by atoms with Crippen LogP contribution in [0.15, 0.2) is 9.41 Å². The van der Waals surface area contributed by atoms with Crippen molar-refractivity contribution in [1.82, 2.24) is 15.6 Å². The number of aromatic nitrogens is 1. The van der Waals surface area contributed by atoms with Gasteiger partial charge in [0.05, 0.1) is 25.5 Å². The predicted molar refractivity (Wildman–Crippen MR) is 86.1 cm³/mol. The Bertz CT molecular complexity index is 426. The van der Waals surface area contributed by atoms with Crippen molar-refractivity contribution >= 4 is 5.96 Å². The first kappa shape index (κ1) is 18.4. The van der Waals surface area contributed by atoms with Crippen LogP contribution in [0.4, 0.5) is 0 Å². The van der Waals surface area contributed by atoms with Gasteiger partial charge in [-0.25, -0.2) is 4.98 Å². The van der Waals surface area contributed by atoms with Gasteiger partial charge in [0.15, 0.2) is 5.96 Å². The standard InChI is InChI=1S/C15H28N4O3/c1-12-13(2)22-14(19-12)11-18-15(16-3)17-7-5-6-8-21-10-9-20-4/h5-11H2,1-4H3,(H2,16,17,18). The fourth-order valence-electron chi connectivity index (χ4n) is 1.77. The Morgan fingerprint density at radius 2 is 2.00 bits per heavy atom. The molecular weight excluding hydrogens is 284 g/mol. The van der Waals surface area contributed by atoms with E-state index in [2.05, 4.69) is 20.6 Å². The number of hydrogen-bond donors (Lipinski definition) is 2. The summed E-state index contributed by atoms with van der Waals surface area (Å²) in [5, 5.41) is 6.43. The van der Waals surface area contributed by atoms with Crippen molar-refractivity contribution in [2.45, 2.75) is 33.2 Å². The van der Waals surface area contributed by atoms with E-state index in [0.717, 1.165) is 43.4 Å². The molecule has 0 amide bonds. The Balaban J connectivity index is 2.10. The highest BCUT2D eigenvalue weighted by atomic mass is 16.5. The third kappa shape index (κ3) is 7.42. The highest BCUT2D eigenvalue weighted by Gasteiger charge is 2.06. The molecule has 2 N–H and O–H groups in total. The number of guanidine groups is 1. The molecule has 0 aliphatic heterocycles. The lowest BCUT2D eigenvalue weighted by molar-refractivity contribution is 0.0689. The Hall–Kier alpha value is -1.60. The maximum Gasteiger partial charge on any atom is 0.214 e. The van der Waals surface area contributed by atoms with Crippen molar-refractivity contribution in [3.05, 3.63) is 17.3 Å². The summed E-state index contributed by atoms with van der Waals surface area (Å²) < 4.78 is 15.8. The quantitative estimate of drug-likeness (QED) is 0.386. The molecule has 0 spiro atoms. The van der Waals surface area contributed by atoms with Gasteiger partial charge in [-0.3, -0.25) is 4.99 Å². The molecule has 0 atom stereocenters. The second kappa shape index (κ2) is 11.0. The molecule has 1 aromatic heterocycles. The number of methoxy groups -OCH3 is 1. The maximum absolute atomic E-state index is 5.52. The molecule has 0 radical (unpaired) electrons. The van der Waals surface area contributed by atoms with Crippen molar-refractivity contribution in [2.24, 2.45) is 4.99 Å². The number of aryl methyl sites for hydroxylation is 2. The number of ether oxygens (including phenoxy) is 2. The lowest BCUT2D eigenvalue weighted by Crippen LogP contribution is -2.37. The Morgan fingerprint density at radius 1 is 1.18 bits per heavy atom. The van der Waals surface area contributed by atoms with E-state index in [9.17, 15) is 0 Å². The normalized spacial score (nSPS) is 11.7. The van der Waals surface area contributed by atoms with Crippen LogP contribution in [0.2, 0.25) is 0 Å². The number of nitrogens with zero attached hydrogens (tertiary/aromatic N) is 2. The molecule has 0 bridgehead atoms. The average molecular weight is 312 g/mol. The Kier molecular flexibility index (Phi) is 9.25. The summed E-state index contributed by atoms with van der Waals surface area (Å²) in [6, 6.07) is 0. The van der Waals surface area contributed by atoms with Crippen molar-refractivity contribution in [2.75, 3.05) is 40.5 Å². The van der Waals surface area contributed by atoms with Crippen LogP contribution in [0.1, 0.15) is 30.2 Å². The Morgan fingerprint density at radius 3 is 2.64 bits per heavy atom. The molecule has 1 rings (SSSR count). The topological polar surface area (TPSA) is 80.9 Å². The molecule has 0 fully saturated rings. The minimum Gasteiger partial charge on any atom is -0.444 e. The number of aliphatic imine (C=N–C) groups is 1. The maximum atomic E-state index is 5.52. The van der Waals surface area contributed by atoms with Gasteiger partial charge in [-0.15, -0.1) is 0 Å². The molecule has 0 saturated carbocycles. The van der Waals surface area contributed by atoms with Gasteiger partial charge in [0.1, 0.15) is 5.76 Å². The van der Waals surface area contributed by atoms with Gasteiger partial charge in [-0.2, -0.15) is 0 Å². The Labute approximate surface area is 132 Å². The first-order valence-electron chi connectivity index (χ1n) is 7.61. The summed E-state index contributed by atoms with van der Waals surface area (Å²) in [6.07, 6.45) is 2.02. The fraction of sp³-hybridized carbons (Fsp3) is 0.733. The van der Waals surface area contributed by atoms with E-state index in [-0.39, 0.29) is 0 Å². The van der Waals surface area contributed by atoms with E-state index in [4.69, 9.17) is 13.9 Å². The highest BCUT2D eigenvalue weighted by Crippen LogP contribution is 2.07. The van der Waals surface area contributed by atoms with Gasteiger partial charge in [-0.1, -0.05) is 0 Å². The molecule has 126 valence electrons. The lowest BCUT2D eigenvalue weighted by atomic mass is 10.3. The van der Waals surface area contributed by atoms with E-state index in [1.807, 2.05) is 13.8 Å². The zero-order chi connectivity index (χ0) is 16.2. The van der Waals surface area contributed by atoms with E-state index in [1.54, 1.807) is 14.2 Å². The van der Waals surface area contributed by atoms with E-state index in [0.29, 0.717) is 25.6 Å². The van der Waals surface area contributed by atoms with Gasteiger partial charge in [-0.05, 0) is 26.7 Å². The predicted octanol–water partition coefficient (Wildman–Crippen LogP) is 1.40. The second-order valence-corrected chi connectivity index (χ2v) is 4.91. The monoisotopic (exact) mass is 312 g/mol. The minimum atomic E-state index is 0.522. The zero-order valence-corrected chi connectivity index (χ0v) is 14.1. The molecule has 0 aromatic carbocycles. The fourth-order valence-corrected chi connectivity index (χ4v) is 1.77. The van der Waals surface area contributed by atoms with Crippen LogP contribution in [-0.2, 0) is 16.0 Å². The van der Waals surface area contributed by atoms with Crippen LogP contribution in [-0.4, -0.2) is 51.5 Å². The van der Waals surface area contributed by atoms with E-state index < -0.39 is 0 Å². The SMILES string of the molecule is CN=C(NCCCCOCCOC)NCc1nc(C)c(C)o1. The van der Waals surface area contributed by atoms with Crippen molar-refractivity contribution in [3.8, 4) is 0 Å². The molecule has 1 heterocycles. The van der Waals surface area contributed by atoms with Gasteiger partial charge in [0.2, 0.25) is 5.89 Å². The van der Waals surface area contributed by atoms with E-state index >= 15 is 0 Å². The van der Waals surface area contributed by atoms with Crippen LogP contribution in [0, 0.1) is 13.8 Å². The zero-order valence-electron chi connectivity index (χ0n) is 14.1. The van der Waals surface area contributed by atoms with Gasteiger partial charge < -0.3 is 24.5 Å². The number of nitrogens with one attached hydrogen (secondary N) is 2. The summed E-state index contributed by atoms with van der Waals surface area (Å²) in [7, 11) is 3.42. The first-order chi connectivity index (χ1) is 10.7. The lowest BCUT2D eigenvalue weighted by Gasteiger charge is -2.10. The molecule has 1 aromatic rings. The summed E-state index contributed by atoms with van der Waals surface area (Å²) in [5.41, 5.74) is 0.924. The van der Waals surface area contributed by atoms with Crippen molar-refractivity contribution < 1.29 is 13.9 Å². The number of oxazole rings is 1. The highest BCUT2D eigenvalue weighted by molar-refractivity contribution is 5.79. The summed E-state index contributed by atoms with van der Waals surface area (Å²) in [6.45, 7) is 7.27. The second-order valence-electron chi connectivity index (χ2n) is 4.91. The summed E-state index contributed by atoms with van der Waals surface area (Å²) in [5.74, 6) is 2.27. The molecule has 0 aliphatic rings. The van der Waals surface area contributed by atoms with E-state index in [1.165, 1.54) is 0 Å². The third-order valence-electron chi connectivity index (χ3n) is 3.14. The van der Waals surface area contributed by atoms with Crippen LogP contribution in [0.3, 0.4) is 0 Å². The molecule has 0 unspecified atom stereocenters. The van der Waals surface area contributed by atoms with Crippen molar-refractivity contribution in [3.63, 3.8) is 0 Å². The largest absolute Gasteiger partial charge is 0.444 e. The smallest absolute Gasteiger partial charge is 0.214 e. The molecular formula is C15H28N4O3. The van der Waals surface area contributed by atoms with Crippen LogP contribution in [0.5, 0.6) is 0 Å². The van der Waals surface area contributed by atoms with Crippen LogP contribution >= 0.6 is 0 Å². The molecule has 0 saturated heterocycles. The van der Waals surface area contributed by atoms with Gasteiger partial charge in [0.25, 0.3) is 0 Å². The van der Waals surface area contributed by atoms with Gasteiger partial charge in [0, 0.05) is 27.3 Å². The number of rotatable bonds is 10. The minimum absolute atomic E-state index is 0.522. The molecule has 0 aliphatic carbocycles. The van der Waals surface area contributed by atoms with Crippen LogP contribution in [0.25, 0.3) is 0 Å². The third-order valence-corrected chi connectivity index (χ3v) is 3.14. The molecule has 7 heteroatoms. The summed E-state index contributed by atoms with van der Waals surface area (Å²) in [4.78, 5) is 8.49. The number of unbranched alkanes of at least 4 members (excludes halogenated alkanes) is 1.